The number of nitrogens with zero attached hydrogens (tertiary/aromatic N) is 1. The van der Waals surface area contributed by atoms with Gasteiger partial charge in [-0.25, -0.2) is 0 Å². The predicted molar refractivity (Wildman–Crippen MR) is 102 cm³/mol. The zero-order valence-electron chi connectivity index (χ0n) is 15.5. The maximum Gasteiger partial charge on any atom is 0.251 e. The molecule has 3 amide bonds. The van der Waals surface area contributed by atoms with Crippen molar-refractivity contribution in [2.45, 2.75) is 39.7 Å². The molecular formula is C19H26ClN3O3. The van der Waals surface area contributed by atoms with E-state index in [0.29, 0.717) is 37.2 Å². The van der Waals surface area contributed by atoms with Crippen molar-refractivity contribution in [3.63, 3.8) is 0 Å². The molecule has 2 rings (SSSR count). The summed E-state index contributed by atoms with van der Waals surface area (Å²) in [6.45, 7) is 6.33. The molecule has 7 heteroatoms. The molecule has 0 unspecified atom stereocenters. The first-order valence-corrected chi connectivity index (χ1v) is 9.30. The van der Waals surface area contributed by atoms with Gasteiger partial charge >= 0.3 is 0 Å². The lowest BCUT2D eigenvalue weighted by atomic mass is 9.92. The van der Waals surface area contributed by atoms with Crippen LogP contribution in [-0.2, 0) is 9.59 Å². The van der Waals surface area contributed by atoms with Gasteiger partial charge in [0, 0.05) is 43.2 Å². The van der Waals surface area contributed by atoms with Crippen molar-refractivity contribution >= 4 is 35.0 Å². The molecule has 1 aromatic rings. The molecule has 0 saturated carbocycles. The van der Waals surface area contributed by atoms with Crippen LogP contribution in [0.1, 0.15) is 44.0 Å². The van der Waals surface area contributed by atoms with Gasteiger partial charge in [-0.05, 0) is 44.9 Å². The highest BCUT2D eigenvalue weighted by Crippen LogP contribution is 2.23. The fourth-order valence-corrected chi connectivity index (χ4v) is 3.04. The van der Waals surface area contributed by atoms with Crippen molar-refractivity contribution in [1.82, 2.24) is 10.2 Å². The summed E-state index contributed by atoms with van der Waals surface area (Å²) in [5.41, 5.74) is 0.522. The highest BCUT2D eigenvalue weighted by atomic mass is 35.5. The van der Waals surface area contributed by atoms with Crippen LogP contribution >= 0.6 is 11.6 Å². The molecule has 1 saturated heterocycles. The van der Waals surface area contributed by atoms with E-state index in [1.54, 1.807) is 24.3 Å². The first-order valence-electron chi connectivity index (χ1n) is 8.77. The number of halogens is 1. The van der Waals surface area contributed by atoms with Crippen molar-refractivity contribution in [2.75, 3.05) is 24.3 Å². The summed E-state index contributed by atoms with van der Waals surface area (Å²) in [7, 11) is 0. The van der Waals surface area contributed by atoms with Crippen LogP contribution in [0.5, 0.6) is 0 Å². The summed E-state index contributed by atoms with van der Waals surface area (Å²) in [4.78, 5) is 37.9. The molecule has 1 heterocycles. The number of carbonyl (C=O) groups excluding carboxylic acids is 3. The van der Waals surface area contributed by atoms with Crippen molar-refractivity contribution in [3.8, 4) is 0 Å². The van der Waals surface area contributed by atoms with E-state index in [9.17, 15) is 14.4 Å². The molecule has 6 nitrogen and oxygen atoms in total. The minimum Gasteiger partial charge on any atom is -0.349 e. The lowest BCUT2D eigenvalue weighted by molar-refractivity contribution is -0.140. The van der Waals surface area contributed by atoms with Gasteiger partial charge in [0.2, 0.25) is 11.8 Å². The number of piperidine rings is 1. The predicted octanol–water partition coefficient (Wildman–Crippen LogP) is 2.63. The second kappa shape index (κ2) is 8.54. The van der Waals surface area contributed by atoms with Crippen molar-refractivity contribution in [1.29, 1.82) is 0 Å². The third kappa shape index (κ3) is 5.21. The van der Waals surface area contributed by atoms with Crippen LogP contribution in [0.2, 0.25) is 0 Å². The van der Waals surface area contributed by atoms with Gasteiger partial charge in [-0.15, -0.1) is 11.6 Å². The molecule has 0 atom stereocenters. The Kier molecular flexibility index (Phi) is 6.64. The third-order valence-corrected chi connectivity index (χ3v) is 5.14. The molecule has 0 radical (unpaired) electrons. The Labute approximate surface area is 159 Å². The number of amides is 3. The Balaban J connectivity index is 1.90. The average Bonchev–Trinajstić information content (AvgIpc) is 2.61. The van der Waals surface area contributed by atoms with E-state index in [4.69, 9.17) is 11.6 Å². The SMILES string of the molecule is CC(=O)Nc1cccc(C(=O)NC2CCN(C(=O)C(C)(C)CCl)CC2)c1. The molecule has 2 N–H and O–H groups in total. The van der Waals surface area contributed by atoms with Crippen LogP contribution in [0.15, 0.2) is 24.3 Å². The molecule has 0 bridgehead atoms. The molecule has 1 aromatic carbocycles. The zero-order chi connectivity index (χ0) is 19.3. The molecule has 1 aliphatic rings. The number of carbonyl (C=O) groups is 3. The highest BCUT2D eigenvalue weighted by Gasteiger charge is 2.33. The van der Waals surface area contributed by atoms with Crippen LogP contribution in [0.3, 0.4) is 0 Å². The molecule has 1 aliphatic heterocycles. The Morgan fingerprint density at radius 2 is 1.88 bits per heavy atom. The smallest absolute Gasteiger partial charge is 0.251 e. The van der Waals surface area contributed by atoms with Gasteiger partial charge in [-0.3, -0.25) is 14.4 Å². The fourth-order valence-electron chi connectivity index (χ4n) is 2.92. The second-order valence-corrected chi connectivity index (χ2v) is 7.59. The fraction of sp³-hybridized carbons (Fsp3) is 0.526. The van der Waals surface area contributed by atoms with Crippen LogP contribution in [-0.4, -0.2) is 47.6 Å². The standard InChI is InChI=1S/C19H26ClN3O3/c1-13(24)21-16-6-4-5-14(11-16)17(25)22-15-7-9-23(10-8-15)18(26)19(2,3)12-20/h4-6,11,15H,7-10,12H2,1-3H3,(H,21,24)(H,22,25). The van der Waals surface area contributed by atoms with Gasteiger partial charge < -0.3 is 15.5 Å². The van der Waals surface area contributed by atoms with Gasteiger partial charge in [0.15, 0.2) is 0 Å². The monoisotopic (exact) mass is 379 g/mol. The summed E-state index contributed by atoms with van der Waals surface area (Å²) >= 11 is 5.89. The number of benzene rings is 1. The van der Waals surface area contributed by atoms with Crippen molar-refractivity contribution < 1.29 is 14.4 Å². The van der Waals surface area contributed by atoms with E-state index >= 15 is 0 Å². The van der Waals surface area contributed by atoms with Gasteiger partial charge in [0.05, 0.1) is 5.41 Å². The van der Waals surface area contributed by atoms with Crippen LogP contribution in [0, 0.1) is 5.41 Å². The largest absolute Gasteiger partial charge is 0.349 e. The number of hydrogen-bond donors (Lipinski definition) is 2. The number of rotatable bonds is 5. The lowest BCUT2D eigenvalue weighted by Crippen LogP contribution is -2.50. The van der Waals surface area contributed by atoms with Gasteiger partial charge in [-0.2, -0.15) is 0 Å². The van der Waals surface area contributed by atoms with Crippen LogP contribution in [0.4, 0.5) is 5.69 Å². The van der Waals surface area contributed by atoms with Crippen molar-refractivity contribution in [2.24, 2.45) is 5.41 Å². The Hall–Kier alpha value is -2.08. The van der Waals surface area contributed by atoms with E-state index in [0.717, 1.165) is 0 Å². The van der Waals surface area contributed by atoms with E-state index in [1.807, 2.05) is 18.7 Å². The topological polar surface area (TPSA) is 78.5 Å². The molecule has 26 heavy (non-hydrogen) atoms. The summed E-state index contributed by atoms with van der Waals surface area (Å²) in [5.74, 6) is -0.0181. The molecule has 0 aliphatic carbocycles. The van der Waals surface area contributed by atoms with Crippen molar-refractivity contribution in [3.05, 3.63) is 29.8 Å². The average molecular weight is 380 g/mol. The van der Waals surface area contributed by atoms with Gasteiger partial charge in [-0.1, -0.05) is 6.07 Å². The summed E-state index contributed by atoms with van der Waals surface area (Å²) in [6, 6.07) is 6.85. The number of hydrogen-bond acceptors (Lipinski definition) is 3. The normalized spacial score (nSPS) is 15.5. The van der Waals surface area contributed by atoms with Gasteiger partial charge in [0.25, 0.3) is 5.91 Å². The molecule has 0 aromatic heterocycles. The summed E-state index contributed by atoms with van der Waals surface area (Å²) in [6.07, 6.45) is 1.42. The Bertz CT molecular complexity index is 682. The first-order chi connectivity index (χ1) is 12.2. The summed E-state index contributed by atoms with van der Waals surface area (Å²) in [5, 5.41) is 5.68. The molecule has 0 spiro atoms. The minimum atomic E-state index is -0.568. The van der Waals surface area contributed by atoms with E-state index in [-0.39, 0.29) is 29.6 Å². The number of nitrogens with one attached hydrogen (secondary N) is 2. The lowest BCUT2D eigenvalue weighted by Gasteiger charge is -2.36. The quantitative estimate of drug-likeness (QED) is 0.772. The van der Waals surface area contributed by atoms with E-state index < -0.39 is 5.41 Å². The van der Waals surface area contributed by atoms with E-state index in [1.165, 1.54) is 6.92 Å². The first kappa shape index (κ1) is 20.2. The maximum absolute atomic E-state index is 12.5. The van der Waals surface area contributed by atoms with E-state index in [2.05, 4.69) is 10.6 Å². The third-order valence-electron chi connectivity index (χ3n) is 4.48. The summed E-state index contributed by atoms with van der Waals surface area (Å²) < 4.78 is 0. The Morgan fingerprint density at radius 1 is 1.23 bits per heavy atom. The highest BCUT2D eigenvalue weighted by molar-refractivity contribution is 6.19. The van der Waals surface area contributed by atoms with Crippen LogP contribution < -0.4 is 10.6 Å². The molecule has 142 valence electrons. The Morgan fingerprint density at radius 3 is 2.46 bits per heavy atom. The van der Waals surface area contributed by atoms with Crippen LogP contribution in [0.25, 0.3) is 0 Å². The number of likely N-dealkylation sites (tertiary alicyclic amines) is 1. The minimum absolute atomic E-state index is 0.0232. The zero-order valence-corrected chi connectivity index (χ0v) is 16.2. The van der Waals surface area contributed by atoms with Gasteiger partial charge in [0.1, 0.15) is 0 Å². The number of alkyl halides is 1. The number of anilines is 1. The maximum atomic E-state index is 12.5. The molecule has 1 fully saturated rings. The second-order valence-electron chi connectivity index (χ2n) is 7.32. The molecular weight excluding hydrogens is 354 g/mol.